The monoisotopic (exact) mass is 346 g/mol. The van der Waals surface area contributed by atoms with Crippen molar-refractivity contribution in [3.8, 4) is 5.75 Å². The predicted molar refractivity (Wildman–Crippen MR) is 87.8 cm³/mol. The van der Waals surface area contributed by atoms with Gasteiger partial charge in [0.25, 0.3) is 5.91 Å². The molecule has 25 heavy (non-hydrogen) atoms. The van der Waals surface area contributed by atoms with Crippen LogP contribution in [0.15, 0.2) is 48.8 Å². The summed E-state index contributed by atoms with van der Waals surface area (Å²) in [5.41, 5.74) is -0.855. The average molecular weight is 346 g/mol. The Bertz CT molecular complexity index is 711. The second kappa shape index (κ2) is 7.58. The molecule has 2 heterocycles. The molecule has 0 bridgehead atoms. The average Bonchev–Trinajstić information content (AvgIpc) is 2.84. The summed E-state index contributed by atoms with van der Waals surface area (Å²) in [7, 11) is 0. The first-order valence-electron chi connectivity index (χ1n) is 7.94. The highest BCUT2D eigenvalue weighted by atomic mass is 19.1. The maximum absolute atomic E-state index is 12.9. The molecule has 1 saturated heterocycles. The molecule has 1 N–H and O–H groups in total. The zero-order valence-electron chi connectivity index (χ0n) is 13.6. The van der Waals surface area contributed by atoms with Crippen molar-refractivity contribution in [2.45, 2.75) is 5.60 Å². The molecule has 6 nitrogen and oxygen atoms in total. The topological polar surface area (TPSA) is 71.9 Å². The Kier molecular flexibility index (Phi) is 5.25. The van der Waals surface area contributed by atoms with Crippen molar-refractivity contribution in [3.05, 3.63) is 60.2 Å². The number of hydrogen-bond acceptors (Lipinski definition) is 5. The molecule has 132 valence electrons. The van der Waals surface area contributed by atoms with Gasteiger partial charge in [-0.1, -0.05) is 0 Å². The number of halogens is 1. The van der Waals surface area contributed by atoms with Crippen LogP contribution in [0.1, 0.15) is 10.4 Å². The van der Waals surface area contributed by atoms with Crippen LogP contribution in [0.5, 0.6) is 5.75 Å². The van der Waals surface area contributed by atoms with Crippen LogP contribution in [0.4, 0.5) is 4.39 Å². The Balaban J connectivity index is 1.67. The van der Waals surface area contributed by atoms with E-state index in [2.05, 4.69) is 4.98 Å². The van der Waals surface area contributed by atoms with Crippen molar-refractivity contribution in [2.75, 3.05) is 32.9 Å². The number of benzene rings is 1. The summed E-state index contributed by atoms with van der Waals surface area (Å²) >= 11 is 0. The first-order valence-corrected chi connectivity index (χ1v) is 7.94. The highest BCUT2D eigenvalue weighted by Gasteiger charge is 2.35. The van der Waals surface area contributed by atoms with Crippen molar-refractivity contribution in [1.29, 1.82) is 0 Å². The van der Waals surface area contributed by atoms with Crippen LogP contribution in [0.2, 0.25) is 0 Å². The number of rotatable bonds is 4. The molecule has 1 aromatic heterocycles. The van der Waals surface area contributed by atoms with Crippen LogP contribution < -0.4 is 4.74 Å². The first kappa shape index (κ1) is 17.3. The molecule has 3 rings (SSSR count). The number of hydrogen-bond donors (Lipinski definition) is 1. The number of amides is 1. The lowest BCUT2D eigenvalue weighted by atomic mass is 10.1. The molecule has 7 heteroatoms. The third kappa shape index (κ3) is 4.52. The van der Waals surface area contributed by atoms with E-state index in [4.69, 9.17) is 9.47 Å². The van der Waals surface area contributed by atoms with Gasteiger partial charge in [-0.2, -0.15) is 0 Å². The molecule has 0 unspecified atom stereocenters. The minimum atomic E-state index is -1.35. The third-order valence-electron chi connectivity index (χ3n) is 3.90. The number of β-amino-alcohol motifs (C(OH)–C–C–N with tert-alkyl or cyclic N) is 1. The van der Waals surface area contributed by atoms with E-state index in [1.165, 1.54) is 29.2 Å². The Morgan fingerprint density at radius 3 is 2.72 bits per heavy atom. The molecule has 1 fully saturated rings. The van der Waals surface area contributed by atoms with E-state index < -0.39 is 5.60 Å². The summed E-state index contributed by atoms with van der Waals surface area (Å²) in [6, 6.07) is 8.78. The van der Waals surface area contributed by atoms with Gasteiger partial charge in [-0.3, -0.25) is 9.78 Å². The number of carbonyl (C=O) groups is 1. The molecule has 0 aliphatic carbocycles. The van der Waals surface area contributed by atoms with Gasteiger partial charge in [0.15, 0.2) is 0 Å². The number of pyridine rings is 1. The lowest BCUT2D eigenvalue weighted by Gasteiger charge is -2.30. The van der Waals surface area contributed by atoms with Gasteiger partial charge in [-0.15, -0.1) is 0 Å². The number of carbonyl (C=O) groups excluding carboxylic acids is 1. The van der Waals surface area contributed by atoms with Gasteiger partial charge in [-0.05, 0) is 36.4 Å². The second-order valence-corrected chi connectivity index (χ2v) is 5.98. The normalized spacial score (nSPS) is 20.8. The van der Waals surface area contributed by atoms with Crippen molar-refractivity contribution in [1.82, 2.24) is 9.88 Å². The van der Waals surface area contributed by atoms with Crippen molar-refractivity contribution >= 4 is 5.91 Å². The van der Waals surface area contributed by atoms with Crippen LogP contribution in [-0.2, 0) is 4.74 Å². The fraction of sp³-hybridized carbons (Fsp3) is 0.333. The zero-order chi connectivity index (χ0) is 17.7. The Labute approximate surface area is 144 Å². The van der Waals surface area contributed by atoms with Gasteiger partial charge in [0, 0.05) is 24.5 Å². The Hall–Kier alpha value is -2.51. The Morgan fingerprint density at radius 2 is 2.00 bits per heavy atom. The van der Waals surface area contributed by atoms with Gasteiger partial charge in [0.1, 0.15) is 23.8 Å². The molecule has 2 aromatic rings. The molecule has 0 spiro atoms. The highest BCUT2D eigenvalue weighted by molar-refractivity contribution is 5.94. The Morgan fingerprint density at radius 1 is 1.28 bits per heavy atom. The number of ether oxygens (including phenoxy) is 2. The highest BCUT2D eigenvalue weighted by Crippen LogP contribution is 2.18. The van der Waals surface area contributed by atoms with Gasteiger partial charge in [0.2, 0.25) is 0 Å². The second-order valence-electron chi connectivity index (χ2n) is 5.98. The number of aromatic nitrogens is 1. The number of nitrogens with zero attached hydrogens (tertiary/aromatic N) is 2. The molecule has 1 amide bonds. The SMILES string of the molecule is O=C(c1ccncc1)N1CCOC[C@@](O)(COc2ccc(F)cc2)C1. The van der Waals surface area contributed by atoms with Crippen molar-refractivity contribution < 1.29 is 23.8 Å². The summed E-state index contributed by atoms with van der Waals surface area (Å²) in [6.45, 7) is 0.762. The fourth-order valence-corrected chi connectivity index (χ4v) is 2.60. The van der Waals surface area contributed by atoms with Crippen LogP contribution in [0, 0.1) is 5.82 Å². The lowest BCUT2D eigenvalue weighted by molar-refractivity contribution is -0.0621. The first-order chi connectivity index (χ1) is 12.1. The fourth-order valence-electron chi connectivity index (χ4n) is 2.60. The molecule has 0 saturated carbocycles. The van der Waals surface area contributed by atoms with Crippen LogP contribution in [0.25, 0.3) is 0 Å². The smallest absolute Gasteiger partial charge is 0.254 e. The van der Waals surface area contributed by atoms with Gasteiger partial charge < -0.3 is 19.5 Å². The van der Waals surface area contributed by atoms with Crippen molar-refractivity contribution in [2.24, 2.45) is 0 Å². The molecule has 1 aliphatic heterocycles. The summed E-state index contributed by atoms with van der Waals surface area (Å²) < 4.78 is 23.9. The summed E-state index contributed by atoms with van der Waals surface area (Å²) in [4.78, 5) is 18.0. The standard InChI is InChI=1S/C18H19FN2O4/c19-15-1-3-16(4-2-15)25-13-18(23)11-21(9-10-24-12-18)17(22)14-5-7-20-8-6-14/h1-8,23H,9-13H2/t18-/m1/s1. The zero-order valence-corrected chi connectivity index (χ0v) is 13.6. The lowest BCUT2D eigenvalue weighted by Crippen LogP contribution is -2.50. The van der Waals surface area contributed by atoms with E-state index in [1.54, 1.807) is 24.5 Å². The molecule has 1 aliphatic rings. The van der Waals surface area contributed by atoms with E-state index in [1.807, 2.05) is 0 Å². The predicted octanol–water partition coefficient (Wildman–Crippen LogP) is 1.50. The summed E-state index contributed by atoms with van der Waals surface area (Å²) in [6.07, 6.45) is 3.09. The molecular weight excluding hydrogens is 327 g/mol. The van der Waals surface area contributed by atoms with Crippen LogP contribution in [-0.4, -0.2) is 59.4 Å². The van der Waals surface area contributed by atoms with Crippen molar-refractivity contribution in [3.63, 3.8) is 0 Å². The van der Waals surface area contributed by atoms with Gasteiger partial charge in [0.05, 0.1) is 19.8 Å². The molecule has 0 radical (unpaired) electrons. The molecular formula is C18H19FN2O4. The third-order valence-corrected chi connectivity index (χ3v) is 3.90. The maximum atomic E-state index is 12.9. The summed E-state index contributed by atoms with van der Waals surface area (Å²) in [5.74, 6) is -0.128. The maximum Gasteiger partial charge on any atom is 0.254 e. The largest absolute Gasteiger partial charge is 0.490 e. The minimum Gasteiger partial charge on any atom is -0.490 e. The van der Waals surface area contributed by atoms with Gasteiger partial charge in [-0.25, -0.2) is 4.39 Å². The van der Waals surface area contributed by atoms with E-state index >= 15 is 0 Å². The minimum absolute atomic E-state index is 0.0499. The van der Waals surface area contributed by atoms with E-state index in [0.29, 0.717) is 24.5 Å². The van der Waals surface area contributed by atoms with E-state index in [9.17, 15) is 14.3 Å². The van der Waals surface area contributed by atoms with E-state index in [0.717, 1.165) is 0 Å². The quantitative estimate of drug-likeness (QED) is 0.908. The van der Waals surface area contributed by atoms with Gasteiger partial charge >= 0.3 is 0 Å². The molecule has 1 aromatic carbocycles. The van der Waals surface area contributed by atoms with Crippen LogP contribution in [0.3, 0.4) is 0 Å². The number of aliphatic hydroxyl groups is 1. The van der Waals surface area contributed by atoms with Crippen LogP contribution >= 0.6 is 0 Å². The molecule has 1 atom stereocenters. The van der Waals surface area contributed by atoms with E-state index in [-0.39, 0.29) is 31.5 Å². The summed E-state index contributed by atoms with van der Waals surface area (Å²) in [5, 5.41) is 10.8.